The second-order valence-corrected chi connectivity index (χ2v) is 6.85. The third-order valence-corrected chi connectivity index (χ3v) is 4.54. The monoisotopic (exact) mass is 311 g/mol. The molecule has 0 radical (unpaired) electrons. The van der Waals surface area contributed by atoms with Crippen LogP contribution >= 0.6 is 0 Å². The van der Waals surface area contributed by atoms with E-state index >= 15 is 0 Å². The molecule has 2 rings (SSSR count). The lowest BCUT2D eigenvalue weighted by Crippen LogP contribution is -2.57. The molecule has 2 heterocycles. The minimum Gasteiger partial charge on any atom is -0.392 e. The maximum absolute atomic E-state index is 12.9. The summed E-state index contributed by atoms with van der Waals surface area (Å²) < 4.78 is 0. The van der Waals surface area contributed by atoms with Crippen LogP contribution in [0.4, 0.5) is 0 Å². The maximum Gasteiger partial charge on any atom is 0.245 e. The van der Waals surface area contributed by atoms with E-state index in [-0.39, 0.29) is 29.9 Å². The molecule has 0 aromatic rings. The molecule has 0 aromatic carbocycles. The standard InChI is InChI=1S/C16H29N3O3/c1-12(2)15(19-6-4-5-14(19)21)16(22)18-9-7-17(8-10-18)11-13(3)20/h12-13,15,20H,4-11H2,1-3H3/t13-,15+/m0/s1. The van der Waals surface area contributed by atoms with Crippen molar-refractivity contribution in [2.24, 2.45) is 5.92 Å². The van der Waals surface area contributed by atoms with E-state index in [9.17, 15) is 14.7 Å². The molecular formula is C16H29N3O3. The highest BCUT2D eigenvalue weighted by atomic mass is 16.3. The molecule has 22 heavy (non-hydrogen) atoms. The van der Waals surface area contributed by atoms with Gasteiger partial charge in [-0.25, -0.2) is 0 Å². The summed E-state index contributed by atoms with van der Waals surface area (Å²) in [6.45, 7) is 10.1. The predicted octanol–water partition coefficient (Wildman–Crippen LogP) is 0.158. The van der Waals surface area contributed by atoms with Crippen molar-refractivity contribution in [3.63, 3.8) is 0 Å². The molecule has 2 aliphatic rings. The summed E-state index contributed by atoms with van der Waals surface area (Å²) >= 11 is 0. The van der Waals surface area contributed by atoms with E-state index in [0.29, 0.717) is 32.6 Å². The summed E-state index contributed by atoms with van der Waals surface area (Å²) in [6, 6.07) is -0.321. The molecule has 0 bridgehead atoms. The van der Waals surface area contributed by atoms with Crippen LogP contribution in [0.3, 0.4) is 0 Å². The summed E-state index contributed by atoms with van der Waals surface area (Å²) in [6.07, 6.45) is 1.09. The molecular weight excluding hydrogens is 282 g/mol. The summed E-state index contributed by atoms with van der Waals surface area (Å²) in [5.41, 5.74) is 0. The minimum absolute atomic E-state index is 0.0851. The Hall–Kier alpha value is -1.14. The van der Waals surface area contributed by atoms with E-state index in [1.54, 1.807) is 11.8 Å². The Morgan fingerprint density at radius 1 is 1.14 bits per heavy atom. The van der Waals surface area contributed by atoms with Gasteiger partial charge in [0.05, 0.1) is 6.10 Å². The minimum atomic E-state index is -0.340. The third-order valence-electron chi connectivity index (χ3n) is 4.54. The first-order valence-electron chi connectivity index (χ1n) is 8.39. The molecule has 0 unspecified atom stereocenters. The lowest BCUT2D eigenvalue weighted by atomic mass is 10.0. The van der Waals surface area contributed by atoms with Crippen LogP contribution in [0, 0.1) is 5.92 Å². The number of rotatable bonds is 5. The molecule has 0 saturated carbocycles. The van der Waals surface area contributed by atoms with E-state index < -0.39 is 0 Å². The molecule has 1 N–H and O–H groups in total. The predicted molar refractivity (Wildman–Crippen MR) is 84.3 cm³/mol. The van der Waals surface area contributed by atoms with Crippen LogP contribution in [-0.2, 0) is 9.59 Å². The number of hydrogen-bond acceptors (Lipinski definition) is 4. The van der Waals surface area contributed by atoms with Gasteiger partial charge in [0.1, 0.15) is 6.04 Å². The van der Waals surface area contributed by atoms with E-state index in [2.05, 4.69) is 4.90 Å². The van der Waals surface area contributed by atoms with Gasteiger partial charge in [0.2, 0.25) is 11.8 Å². The van der Waals surface area contributed by atoms with E-state index in [4.69, 9.17) is 0 Å². The molecule has 2 atom stereocenters. The maximum atomic E-state index is 12.9. The number of carbonyl (C=O) groups is 2. The van der Waals surface area contributed by atoms with Gasteiger partial charge in [-0.3, -0.25) is 14.5 Å². The third kappa shape index (κ3) is 3.98. The Morgan fingerprint density at radius 2 is 1.77 bits per heavy atom. The number of β-amino-alcohol motifs (C(OH)–C–C–N with tert-alkyl or cyclic N) is 1. The Balaban J connectivity index is 1.96. The van der Waals surface area contributed by atoms with E-state index in [1.807, 2.05) is 18.7 Å². The molecule has 2 aliphatic heterocycles. The summed E-state index contributed by atoms with van der Waals surface area (Å²) in [7, 11) is 0. The topological polar surface area (TPSA) is 64.1 Å². The van der Waals surface area contributed by atoms with Crippen molar-refractivity contribution in [2.45, 2.75) is 45.8 Å². The van der Waals surface area contributed by atoms with Crippen molar-refractivity contribution >= 4 is 11.8 Å². The van der Waals surface area contributed by atoms with Gasteiger partial charge in [0.15, 0.2) is 0 Å². The van der Waals surface area contributed by atoms with Crippen LogP contribution in [0.15, 0.2) is 0 Å². The molecule has 6 nitrogen and oxygen atoms in total. The number of piperazine rings is 1. The van der Waals surface area contributed by atoms with Gasteiger partial charge in [-0.1, -0.05) is 13.8 Å². The van der Waals surface area contributed by atoms with E-state index in [1.165, 1.54) is 0 Å². The molecule has 126 valence electrons. The Kier molecular flexibility index (Phi) is 5.81. The molecule has 2 amide bonds. The zero-order valence-corrected chi connectivity index (χ0v) is 14.0. The molecule has 0 aromatic heterocycles. The zero-order valence-electron chi connectivity index (χ0n) is 14.0. The van der Waals surface area contributed by atoms with Gasteiger partial charge in [0.25, 0.3) is 0 Å². The number of aliphatic hydroxyl groups excluding tert-OH is 1. The van der Waals surface area contributed by atoms with Gasteiger partial charge in [0, 0.05) is 45.7 Å². The van der Waals surface area contributed by atoms with Crippen LogP contribution in [0.5, 0.6) is 0 Å². The first-order valence-corrected chi connectivity index (χ1v) is 8.39. The second-order valence-electron chi connectivity index (χ2n) is 6.85. The second kappa shape index (κ2) is 7.42. The number of aliphatic hydroxyl groups is 1. The smallest absolute Gasteiger partial charge is 0.245 e. The average Bonchev–Trinajstić information content (AvgIpc) is 2.85. The number of nitrogens with zero attached hydrogens (tertiary/aromatic N) is 3. The van der Waals surface area contributed by atoms with Crippen LogP contribution in [0.2, 0.25) is 0 Å². The Morgan fingerprint density at radius 3 is 2.23 bits per heavy atom. The average molecular weight is 311 g/mol. The van der Waals surface area contributed by atoms with Crippen molar-refractivity contribution in [3.8, 4) is 0 Å². The summed E-state index contributed by atoms with van der Waals surface area (Å²) in [5, 5.41) is 9.45. The summed E-state index contributed by atoms with van der Waals surface area (Å²) in [4.78, 5) is 30.7. The molecule has 0 spiro atoms. The molecule has 2 saturated heterocycles. The van der Waals surface area contributed by atoms with Crippen LogP contribution in [0.25, 0.3) is 0 Å². The fraction of sp³-hybridized carbons (Fsp3) is 0.875. The Bertz CT molecular complexity index is 403. The quantitative estimate of drug-likeness (QED) is 0.785. The number of amides is 2. The summed E-state index contributed by atoms with van der Waals surface area (Å²) in [5.74, 6) is 0.326. The van der Waals surface area contributed by atoms with Crippen molar-refractivity contribution in [1.82, 2.24) is 14.7 Å². The zero-order chi connectivity index (χ0) is 16.3. The largest absolute Gasteiger partial charge is 0.392 e. The molecule has 0 aliphatic carbocycles. The highest BCUT2D eigenvalue weighted by molar-refractivity contribution is 5.89. The lowest BCUT2D eigenvalue weighted by Gasteiger charge is -2.39. The number of hydrogen-bond donors (Lipinski definition) is 1. The SMILES string of the molecule is CC(C)[C@H](C(=O)N1CCN(C[C@H](C)O)CC1)N1CCCC1=O. The fourth-order valence-electron chi connectivity index (χ4n) is 3.45. The van der Waals surface area contributed by atoms with E-state index in [0.717, 1.165) is 19.5 Å². The normalized spacial score (nSPS) is 23.2. The van der Waals surface area contributed by atoms with Crippen molar-refractivity contribution in [1.29, 1.82) is 0 Å². The van der Waals surface area contributed by atoms with Crippen molar-refractivity contribution < 1.29 is 14.7 Å². The van der Waals surface area contributed by atoms with Gasteiger partial charge < -0.3 is 14.9 Å². The number of carbonyl (C=O) groups excluding carboxylic acids is 2. The van der Waals surface area contributed by atoms with Gasteiger partial charge in [-0.2, -0.15) is 0 Å². The van der Waals surface area contributed by atoms with Gasteiger partial charge in [-0.15, -0.1) is 0 Å². The lowest BCUT2D eigenvalue weighted by molar-refractivity contribution is -0.146. The van der Waals surface area contributed by atoms with Gasteiger partial charge in [-0.05, 0) is 19.3 Å². The van der Waals surface area contributed by atoms with Crippen molar-refractivity contribution in [2.75, 3.05) is 39.3 Å². The van der Waals surface area contributed by atoms with Gasteiger partial charge >= 0.3 is 0 Å². The first kappa shape index (κ1) is 17.2. The van der Waals surface area contributed by atoms with Crippen LogP contribution in [0.1, 0.15) is 33.6 Å². The van der Waals surface area contributed by atoms with Crippen molar-refractivity contribution in [3.05, 3.63) is 0 Å². The van der Waals surface area contributed by atoms with Crippen LogP contribution in [-0.4, -0.2) is 83.0 Å². The first-order chi connectivity index (χ1) is 10.4. The highest BCUT2D eigenvalue weighted by Crippen LogP contribution is 2.21. The fourth-order valence-corrected chi connectivity index (χ4v) is 3.45. The Labute approximate surface area is 133 Å². The van der Waals surface area contributed by atoms with Crippen LogP contribution < -0.4 is 0 Å². The molecule has 6 heteroatoms. The number of likely N-dealkylation sites (tertiary alicyclic amines) is 1. The highest BCUT2D eigenvalue weighted by Gasteiger charge is 2.37. The molecule has 2 fully saturated rings.